The summed E-state index contributed by atoms with van der Waals surface area (Å²) in [7, 11) is 0. The fourth-order valence-corrected chi connectivity index (χ4v) is 3.60. The molecule has 0 unspecified atom stereocenters. The molecule has 36 heavy (non-hydrogen) atoms. The van der Waals surface area contributed by atoms with E-state index < -0.39 is 17.6 Å². The lowest BCUT2D eigenvalue weighted by Crippen LogP contribution is -2.23. The van der Waals surface area contributed by atoms with Crippen LogP contribution < -0.4 is 10.4 Å². The number of pyridine rings is 2. The molecule has 182 valence electrons. The summed E-state index contributed by atoms with van der Waals surface area (Å²) in [6, 6.07) is 12.6. The van der Waals surface area contributed by atoms with Crippen LogP contribution in [0.2, 0.25) is 5.02 Å². The van der Waals surface area contributed by atoms with Gasteiger partial charge in [-0.05, 0) is 48.4 Å². The third-order valence-electron chi connectivity index (χ3n) is 5.27. The fraction of sp³-hybridized carbons (Fsp3) is 0.125. The van der Waals surface area contributed by atoms with Crippen molar-refractivity contribution in [1.82, 2.24) is 29.4 Å². The molecule has 4 aromatic heterocycles. The standard InChI is InChI=1S/C24H16ClF3N6O2/c1-14-2-8-18(11-29-14)36-21-19(16-4-6-17(25)7-5-16)12-31-34-22(21)32-33(23(34)35)13-15-3-9-20(30-10-15)24(26,27)28/h2-12H,13H2,1H3. The number of alkyl halides is 3. The maximum absolute atomic E-state index is 13.0. The molecule has 0 atom stereocenters. The molecule has 0 spiro atoms. The molecule has 0 amide bonds. The molecular weight excluding hydrogens is 497 g/mol. The molecule has 0 fully saturated rings. The zero-order valence-electron chi connectivity index (χ0n) is 18.6. The summed E-state index contributed by atoms with van der Waals surface area (Å²) in [5, 5.41) is 9.16. The Labute approximate surface area is 206 Å². The SMILES string of the molecule is Cc1ccc(Oc2c(-c3ccc(Cl)cc3)cnn3c(=O)n(Cc4ccc(C(F)(F)F)nc4)nc23)cn1. The zero-order valence-corrected chi connectivity index (χ0v) is 19.3. The van der Waals surface area contributed by atoms with Crippen LogP contribution in [0.3, 0.4) is 0 Å². The highest BCUT2D eigenvalue weighted by atomic mass is 35.5. The van der Waals surface area contributed by atoms with Crippen molar-refractivity contribution in [2.24, 2.45) is 0 Å². The van der Waals surface area contributed by atoms with Gasteiger partial charge in [-0.15, -0.1) is 5.10 Å². The first-order valence-electron chi connectivity index (χ1n) is 10.6. The van der Waals surface area contributed by atoms with Gasteiger partial charge < -0.3 is 4.74 Å². The molecular formula is C24H16ClF3N6O2. The molecule has 5 rings (SSSR count). The number of nitrogens with zero attached hydrogens (tertiary/aromatic N) is 6. The van der Waals surface area contributed by atoms with E-state index in [0.29, 0.717) is 21.9 Å². The van der Waals surface area contributed by atoms with Crippen molar-refractivity contribution in [2.45, 2.75) is 19.6 Å². The van der Waals surface area contributed by atoms with Crippen LogP contribution in [0.4, 0.5) is 13.2 Å². The fourth-order valence-electron chi connectivity index (χ4n) is 3.47. The summed E-state index contributed by atoms with van der Waals surface area (Å²) in [5.41, 5.74) is 0.923. The maximum atomic E-state index is 13.0. The molecule has 0 aliphatic heterocycles. The first-order chi connectivity index (χ1) is 17.2. The van der Waals surface area contributed by atoms with Gasteiger partial charge in [0.25, 0.3) is 0 Å². The number of hydrogen-bond donors (Lipinski definition) is 0. The number of fused-ring (bicyclic) bond motifs is 1. The number of benzene rings is 1. The van der Waals surface area contributed by atoms with Crippen LogP contribution in [0.1, 0.15) is 17.0 Å². The van der Waals surface area contributed by atoms with Gasteiger partial charge >= 0.3 is 11.9 Å². The Hall–Kier alpha value is -4.25. The topological polar surface area (TPSA) is 87.2 Å². The molecule has 0 saturated heterocycles. The van der Waals surface area contributed by atoms with E-state index in [-0.39, 0.29) is 17.9 Å². The number of aromatic nitrogens is 6. The van der Waals surface area contributed by atoms with Crippen molar-refractivity contribution in [3.8, 4) is 22.6 Å². The van der Waals surface area contributed by atoms with Gasteiger partial charge in [-0.3, -0.25) is 9.97 Å². The van der Waals surface area contributed by atoms with Gasteiger partial charge in [0.05, 0.1) is 18.9 Å². The lowest BCUT2D eigenvalue weighted by Gasteiger charge is -2.11. The molecule has 0 aliphatic rings. The van der Waals surface area contributed by atoms with Crippen molar-refractivity contribution in [3.63, 3.8) is 0 Å². The van der Waals surface area contributed by atoms with Crippen LogP contribution >= 0.6 is 11.6 Å². The maximum Gasteiger partial charge on any atom is 0.433 e. The molecule has 0 radical (unpaired) electrons. The summed E-state index contributed by atoms with van der Waals surface area (Å²) < 4.78 is 46.8. The Bertz CT molecular complexity index is 1600. The highest BCUT2D eigenvalue weighted by Gasteiger charge is 2.32. The number of hydrogen-bond acceptors (Lipinski definition) is 6. The van der Waals surface area contributed by atoms with Gasteiger partial charge in [0.1, 0.15) is 11.4 Å². The van der Waals surface area contributed by atoms with E-state index in [1.165, 1.54) is 12.3 Å². The van der Waals surface area contributed by atoms with Crippen LogP contribution in [0.15, 0.2) is 71.9 Å². The van der Waals surface area contributed by atoms with E-state index in [1.807, 2.05) is 6.92 Å². The third-order valence-corrected chi connectivity index (χ3v) is 5.53. The summed E-state index contributed by atoms with van der Waals surface area (Å²) >= 11 is 6.03. The Kier molecular flexibility index (Phi) is 5.92. The molecule has 0 N–H and O–H groups in total. The van der Waals surface area contributed by atoms with Gasteiger partial charge in [-0.25, -0.2) is 9.48 Å². The van der Waals surface area contributed by atoms with Crippen molar-refractivity contribution in [2.75, 3.05) is 0 Å². The van der Waals surface area contributed by atoms with Gasteiger partial charge in [0.15, 0.2) is 5.75 Å². The van der Waals surface area contributed by atoms with Crippen molar-refractivity contribution in [3.05, 3.63) is 99.6 Å². The predicted molar refractivity (Wildman–Crippen MR) is 125 cm³/mol. The van der Waals surface area contributed by atoms with Crippen LogP contribution in [0.25, 0.3) is 16.8 Å². The summed E-state index contributed by atoms with van der Waals surface area (Å²) in [5.74, 6) is 0.664. The van der Waals surface area contributed by atoms with E-state index in [2.05, 4.69) is 20.2 Å². The molecule has 12 heteroatoms. The van der Waals surface area contributed by atoms with Gasteiger partial charge in [-0.2, -0.15) is 22.8 Å². The van der Waals surface area contributed by atoms with E-state index >= 15 is 0 Å². The number of ether oxygens (including phenoxy) is 1. The zero-order chi connectivity index (χ0) is 25.4. The minimum absolute atomic E-state index is 0.116. The van der Waals surface area contributed by atoms with Crippen LogP contribution in [0.5, 0.6) is 11.5 Å². The third kappa shape index (κ3) is 4.65. The normalized spacial score (nSPS) is 11.7. The number of aryl methyl sites for hydroxylation is 1. The first-order valence-corrected chi connectivity index (χ1v) is 10.9. The van der Waals surface area contributed by atoms with E-state index in [9.17, 15) is 18.0 Å². The number of halogens is 4. The van der Waals surface area contributed by atoms with Crippen LogP contribution in [-0.4, -0.2) is 29.4 Å². The second-order valence-corrected chi connectivity index (χ2v) is 8.29. The highest BCUT2D eigenvalue weighted by molar-refractivity contribution is 6.30. The molecule has 4 heterocycles. The summed E-state index contributed by atoms with van der Waals surface area (Å²) in [6.07, 6.45) is -0.486. The second-order valence-electron chi connectivity index (χ2n) is 7.86. The van der Waals surface area contributed by atoms with E-state index in [0.717, 1.165) is 32.7 Å². The van der Waals surface area contributed by atoms with E-state index in [1.54, 1.807) is 42.6 Å². The minimum atomic E-state index is -4.56. The Morgan fingerprint density at radius 3 is 2.39 bits per heavy atom. The Balaban J connectivity index is 1.60. The molecule has 1 aromatic carbocycles. The Morgan fingerprint density at radius 2 is 1.75 bits per heavy atom. The molecule has 0 saturated carbocycles. The second kappa shape index (κ2) is 9.08. The first kappa shape index (κ1) is 23.5. The Morgan fingerprint density at radius 1 is 0.972 bits per heavy atom. The van der Waals surface area contributed by atoms with Crippen molar-refractivity contribution >= 4 is 17.2 Å². The van der Waals surface area contributed by atoms with Gasteiger partial charge in [-0.1, -0.05) is 29.8 Å². The molecule has 0 aliphatic carbocycles. The average molecular weight is 513 g/mol. The monoisotopic (exact) mass is 512 g/mol. The van der Waals surface area contributed by atoms with Crippen molar-refractivity contribution in [1.29, 1.82) is 0 Å². The van der Waals surface area contributed by atoms with Crippen LogP contribution in [0, 0.1) is 6.92 Å². The predicted octanol–water partition coefficient (Wildman–Crippen LogP) is 5.17. The van der Waals surface area contributed by atoms with Gasteiger partial charge in [0, 0.05) is 22.5 Å². The van der Waals surface area contributed by atoms with Crippen molar-refractivity contribution < 1.29 is 17.9 Å². The summed E-state index contributed by atoms with van der Waals surface area (Å²) in [6.45, 7) is 1.72. The van der Waals surface area contributed by atoms with Gasteiger partial charge in [0.2, 0.25) is 5.65 Å². The number of rotatable bonds is 5. The molecule has 8 nitrogen and oxygen atoms in total. The quantitative estimate of drug-likeness (QED) is 0.323. The molecule has 5 aromatic rings. The highest BCUT2D eigenvalue weighted by Crippen LogP contribution is 2.35. The lowest BCUT2D eigenvalue weighted by molar-refractivity contribution is -0.141. The van der Waals surface area contributed by atoms with E-state index in [4.69, 9.17) is 16.3 Å². The smallest absolute Gasteiger partial charge is 0.433 e. The minimum Gasteiger partial charge on any atom is -0.451 e. The molecule has 0 bridgehead atoms. The average Bonchev–Trinajstić information content (AvgIpc) is 3.17. The van der Waals surface area contributed by atoms with Crippen LogP contribution in [-0.2, 0) is 12.7 Å². The largest absolute Gasteiger partial charge is 0.451 e. The summed E-state index contributed by atoms with van der Waals surface area (Å²) in [4.78, 5) is 20.7. The lowest BCUT2D eigenvalue weighted by atomic mass is 10.1.